The summed E-state index contributed by atoms with van der Waals surface area (Å²) < 4.78 is 69.4. The molecule has 0 amide bonds. The molecule has 5 aromatic rings. The van der Waals surface area contributed by atoms with Crippen LogP contribution in [0.1, 0.15) is 27.8 Å². The third-order valence-electron chi connectivity index (χ3n) is 10.3. The number of hydrogen-bond acceptors (Lipinski definition) is 11. The van der Waals surface area contributed by atoms with Gasteiger partial charge in [-0.15, -0.1) is 0 Å². The summed E-state index contributed by atoms with van der Waals surface area (Å²) in [6.07, 6.45) is -5.30. The summed E-state index contributed by atoms with van der Waals surface area (Å²) in [5, 5.41) is 0. The molecule has 0 aromatic heterocycles. The predicted octanol–water partition coefficient (Wildman–Crippen LogP) is 7.67. The van der Waals surface area contributed by atoms with Crippen LogP contribution in [-0.2, 0) is 75.7 Å². The molecule has 0 spiro atoms. The minimum atomic E-state index is -0.901. The Morgan fingerprint density at radius 1 is 0.390 bits per heavy atom. The monoisotopic (exact) mass is 806 g/mol. The fourth-order valence-electron chi connectivity index (χ4n) is 7.16. The molecule has 0 radical (unpaired) electrons. The summed E-state index contributed by atoms with van der Waals surface area (Å²) in [6, 6.07) is 45.6. The van der Waals surface area contributed by atoms with Gasteiger partial charge < -0.3 is 52.1 Å². The van der Waals surface area contributed by atoms with E-state index >= 15 is 0 Å². The molecule has 2 fully saturated rings. The van der Waals surface area contributed by atoms with Crippen LogP contribution in [0.5, 0.6) is 11.5 Å². The van der Waals surface area contributed by atoms with Crippen molar-refractivity contribution >= 4 is 0 Å². The van der Waals surface area contributed by atoms with E-state index in [1.807, 2.05) is 140 Å². The molecule has 0 aliphatic carbocycles. The Bertz CT molecular complexity index is 1910. The van der Waals surface area contributed by atoms with Crippen LogP contribution >= 0.6 is 0 Å². The molecule has 2 aliphatic heterocycles. The molecule has 0 saturated carbocycles. The highest BCUT2D eigenvalue weighted by atomic mass is 16.8. The lowest BCUT2D eigenvalue weighted by Crippen LogP contribution is -2.45. The third kappa shape index (κ3) is 12.0. The van der Waals surface area contributed by atoms with Gasteiger partial charge in [-0.05, 0) is 52.1 Å². The van der Waals surface area contributed by atoms with Crippen molar-refractivity contribution in [3.8, 4) is 11.5 Å². The standard InChI is InChI=1S/C48H54O11/c1-49-39-23-19-37(20-24-39)27-52-32-41-43(54-29-34-13-7-4-8-14-34)45(56-31-36-17-11-6-12-18-36)48(58-41)59-46-44(55-30-35-15-9-5-10-16-35)42(57-47(46)51-3)33-53-28-38-21-25-40(50-2)26-22-38/h4-26,41-48H,27-33H2,1-3H3/t41-,42-,43-,44-,45+,46+,47+,48+/m1/s1. The van der Waals surface area contributed by atoms with E-state index in [9.17, 15) is 0 Å². The molecule has 8 atom stereocenters. The molecule has 59 heavy (non-hydrogen) atoms. The Morgan fingerprint density at radius 2 is 0.763 bits per heavy atom. The fourth-order valence-corrected chi connectivity index (χ4v) is 7.16. The Hall–Kier alpha value is -4.66. The van der Waals surface area contributed by atoms with Gasteiger partial charge in [-0.3, -0.25) is 0 Å². The van der Waals surface area contributed by atoms with E-state index in [1.165, 1.54) is 0 Å². The summed E-state index contributed by atoms with van der Waals surface area (Å²) in [4.78, 5) is 0. The maximum absolute atomic E-state index is 6.96. The normalized spacial score (nSPS) is 24.0. The second-order valence-corrected chi connectivity index (χ2v) is 14.4. The van der Waals surface area contributed by atoms with E-state index < -0.39 is 49.2 Å². The van der Waals surface area contributed by atoms with E-state index in [2.05, 4.69) is 0 Å². The first-order valence-corrected chi connectivity index (χ1v) is 20.0. The Balaban J connectivity index is 1.12. The van der Waals surface area contributed by atoms with E-state index in [0.29, 0.717) is 33.0 Å². The van der Waals surface area contributed by atoms with Crippen LogP contribution in [0.15, 0.2) is 140 Å². The van der Waals surface area contributed by atoms with Gasteiger partial charge in [-0.2, -0.15) is 0 Å². The topological polar surface area (TPSA) is 102 Å². The second kappa shape index (κ2) is 22.1. The molecule has 5 aromatic carbocycles. The van der Waals surface area contributed by atoms with Crippen molar-refractivity contribution in [3.63, 3.8) is 0 Å². The maximum atomic E-state index is 6.96. The summed E-state index contributed by atoms with van der Waals surface area (Å²) in [7, 11) is 4.89. The number of ether oxygens (including phenoxy) is 11. The predicted molar refractivity (Wildman–Crippen MR) is 220 cm³/mol. The first-order valence-electron chi connectivity index (χ1n) is 20.0. The Labute approximate surface area is 346 Å². The van der Waals surface area contributed by atoms with Gasteiger partial charge in [0.15, 0.2) is 12.6 Å². The van der Waals surface area contributed by atoms with Crippen molar-refractivity contribution in [1.29, 1.82) is 0 Å². The van der Waals surface area contributed by atoms with Gasteiger partial charge in [0, 0.05) is 7.11 Å². The maximum Gasteiger partial charge on any atom is 0.187 e. The van der Waals surface area contributed by atoms with Gasteiger partial charge in [0.1, 0.15) is 48.1 Å². The molecule has 312 valence electrons. The van der Waals surface area contributed by atoms with Crippen molar-refractivity contribution < 1.29 is 52.1 Å². The first kappa shape index (κ1) is 42.5. The van der Waals surface area contributed by atoms with Crippen LogP contribution < -0.4 is 9.47 Å². The quantitative estimate of drug-likeness (QED) is 0.0689. The summed E-state index contributed by atoms with van der Waals surface area (Å²) in [5.41, 5.74) is 5.03. The van der Waals surface area contributed by atoms with Crippen LogP contribution in [0.3, 0.4) is 0 Å². The molecular formula is C48H54O11. The van der Waals surface area contributed by atoms with Crippen LogP contribution in [0, 0.1) is 0 Å². The van der Waals surface area contributed by atoms with Gasteiger partial charge in [0.05, 0.1) is 60.5 Å². The van der Waals surface area contributed by atoms with Crippen molar-refractivity contribution in [2.75, 3.05) is 34.5 Å². The Morgan fingerprint density at radius 3 is 1.17 bits per heavy atom. The minimum absolute atomic E-state index is 0.223. The summed E-state index contributed by atoms with van der Waals surface area (Å²) in [6.45, 7) is 2.17. The highest BCUT2D eigenvalue weighted by Crippen LogP contribution is 2.36. The molecule has 2 aliphatic rings. The van der Waals surface area contributed by atoms with Gasteiger partial charge >= 0.3 is 0 Å². The average molecular weight is 807 g/mol. The summed E-state index contributed by atoms with van der Waals surface area (Å²) in [5.74, 6) is 1.56. The minimum Gasteiger partial charge on any atom is -0.497 e. The van der Waals surface area contributed by atoms with Gasteiger partial charge in [-0.25, -0.2) is 0 Å². The molecule has 0 N–H and O–H groups in total. The third-order valence-corrected chi connectivity index (χ3v) is 10.3. The zero-order chi connectivity index (χ0) is 40.7. The lowest BCUT2D eigenvalue weighted by Gasteiger charge is -2.30. The average Bonchev–Trinajstić information content (AvgIpc) is 3.80. The molecule has 0 bridgehead atoms. The zero-order valence-electron chi connectivity index (χ0n) is 33.8. The van der Waals surface area contributed by atoms with Crippen LogP contribution in [0.4, 0.5) is 0 Å². The van der Waals surface area contributed by atoms with Gasteiger partial charge in [-0.1, -0.05) is 115 Å². The summed E-state index contributed by atoms with van der Waals surface area (Å²) >= 11 is 0. The number of methoxy groups -OCH3 is 3. The second-order valence-electron chi connectivity index (χ2n) is 14.4. The SMILES string of the molecule is COc1ccc(COC[C@H]2O[C@@H](O[C@@H]3[C@@H](OC)O[C@H](COCc4ccc(OC)cc4)[C@H]3OCc3ccccc3)[C@@H](OCc3ccccc3)[C@@H]2OCc2ccccc2)cc1. The van der Waals surface area contributed by atoms with E-state index in [-0.39, 0.29) is 13.2 Å². The van der Waals surface area contributed by atoms with Crippen LogP contribution in [0.25, 0.3) is 0 Å². The molecule has 0 unspecified atom stereocenters. The lowest BCUT2D eigenvalue weighted by molar-refractivity contribution is -0.251. The molecular weight excluding hydrogens is 753 g/mol. The van der Waals surface area contributed by atoms with E-state index in [1.54, 1.807) is 21.3 Å². The highest BCUT2D eigenvalue weighted by molar-refractivity contribution is 5.27. The van der Waals surface area contributed by atoms with Crippen molar-refractivity contribution in [2.24, 2.45) is 0 Å². The van der Waals surface area contributed by atoms with Crippen molar-refractivity contribution in [2.45, 2.75) is 82.2 Å². The highest BCUT2D eigenvalue weighted by Gasteiger charge is 2.53. The lowest BCUT2D eigenvalue weighted by atomic mass is 10.1. The van der Waals surface area contributed by atoms with E-state index in [4.69, 9.17) is 52.1 Å². The van der Waals surface area contributed by atoms with Crippen molar-refractivity contribution in [3.05, 3.63) is 167 Å². The molecule has 2 heterocycles. The van der Waals surface area contributed by atoms with E-state index in [0.717, 1.165) is 39.3 Å². The first-order chi connectivity index (χ1) is 29.1. The van der Waals surface area contributed by atoms with Gasteiger partial charge in [0.2, 0.25) is 0 Å². The Kier molecular flexibility index (Phi) is 15.9. The number of hydrogen-bond donors (Lipinski definition) is 0. The zero-order valence-corrected chi connectivity index (χ0v) is 33.8. The van der Waals surface area contributed by atoms with Gasteiger partial charge in [0.25, 0.3) is 0 Å². The van der Waals surface area contributed by atoms with Crippen LogP contribution in [0.2, 0.25) is 0 Å². The number of benzene rings is 5. The molecule has 2 saturated heterocycles. The molecule has 7 rings (SSSR count). The molecule has 11 nitrogen and oxygen atoms in total. The fraction of sp³-hybridized carbons (Fsp3) is 0.375. The van der Waals surface area contributed by atoms with Crippen LogP contribution in [-0.4, -0.2) is 83.7 Å². The largest absolute Gasteiger partial charge is 0.497 e. The number of rotatable bonds is 22. The molecule has 11 heteroatoms. The van der Waals surface area contributed by atoms with Crippen molar-refractivity contribution in [1.82, 2.24) is 0 Å². The smallest absolute Gasteiger partial charge is 0.187 e.